The van der Waals surface area contributed by atoms with E-state index in [1.807, 2.05) is 0 Å². The molecule has 0 aromatic heterocycles. The first-order valence-electron chi connectivity index (χ1n) is 13.9. The van der Waals surface area contributed by atoms with Crippen molar-refractivity contribution in [2.24, 2.45) is 0 Å². The zero-order valence-electron chi connectivity index (χ0n) is 24.7. The van der Waals surface area contributed by atoms with E-state index < -0.39 is 0 Å². The van der Waals surface area contributed by atoms with Gasteiger partial charge >= 0.3 is 17.1 Å². The maximum absolute atomic E-state index is 3.75. The zero-order valence-corrected chi connectivity index (χ0v) is 25.7. The molecule has 0 spiro atoms. The first-order chi connectivity index (χ1) is 17.8. The van der Waals surface area contributed by atoms with Crippen molar-refractivity contribution in [2.45, 2.75) is 90.9 Å². The normalized spacial score (nSPS) is 12.5. The second kappa shape index (κ2) is 45.4. The molecule has 0 aromatic carbocycles. The molecule has 0 fully saturated rings. The van der Waals surface area contributed by atoms with Crippen LogP contribution in [0.2, 0.25) is 0 Å². The molecule has 38 heavy (non-hydrogen) atoms. The van der Waals surface area contributed by atoms with Crippen molar-refractivity contribution in [3.63, 3.8) is 0 Å². The van der Waals surface area contributed by atoms with Crippen LogP contribution >= 0.6 is 0 Å². The van der Waals surface area contributed by atoms with E-state index in [4.69, 9.17) is 0 Å². The molecule has 0 saturated heterocycles. The van der Waals surface area contributed by atoms with E-state index in [2.05, 4.69) is 149 Å². The van der Waals surface area contributed by atoms with Gasteiger partial charge in [0.2, 0.25) is 0 Å². The largest absolute Gasteiger partial charge is 2.00 e. The van der Waals surface area contributed by atoms with Gasteiger partial charge in [0, 0.05) is 18.9 Å². The minimum absolute atomic E-state index is 0. The Hall–Kier alpha value is -1.48. The SMILES string of the molecule is [CH2-]C/C=C\C/C=C\C/C=C\C/C=C\C/C=C\CC.[CH2-]C/C=C\C/C=C\C/C=C\C/C=C\C/C=C\CC.[Cu+2].[Li]. The summed E-state index contributed by atoms with van der Waals surface area (Å²) >= 11 is 0. The van der Waals surface area contributed by atoms with Gasteiger partial charge in [-0.05, 0) is 64.2 Å². The van der Waals surface area contributed by atoms with Crippen LogP contribution in [0.5, 0.6) is 0 Å². The number of allylic oxidation sites excluding steroid dienone is 20. The molecule has 0 nitrogen and oxygen atoms in total. The Morgan fingerprint density at radius 1 is 0.316 bits per heavy atom. The molecular weight excluding hydrogens is 503 g/mol. The van der Waals surface area contributed by atoms with E-state index in [9.17, 15) is 0 Å². The van der Waals surface area contributed by atoms with E-state index in [1.54, 1.807) is 0 Å². The average molecular weight is 557 g/mol. The van der Waals surface area contributed by atoms with Crippen LogP contribution in [0.1, 0.15) is 90.9 Å². The molecule has 0 aromatic rings. The van der Waals surface area contributed by atoms with Crippen LogP contribution in [0.4, 0.5) is 0 Å². The molecule has 2 radical (unpaired) electrons. The number of hydrogen-bond donors (Lipinski definition) is 0. The maximum Gasteiger partial charge on any atom is 2.00 e. The number of hydrogen-bond acceptors (Lipinski definition) is 0. The van der Waals surface area contributed by atoms with Gasteiger partial charge in [-0.25, -0.2) is 0 Å². The third-order valence-corrected chi connectivity index (χ3v) is 4.65. The van der Waals surface area contributed by atoms with Crippen molar-refractivity contribution in [1.82, 2.24) is 0 Å². The molecule has 0 N–H and O–H groups in total. The van der Waals surface area contributed by atoms with Gasteiger partial charge in [-0.3, -0.25) is 0 Å². The molecule has 0 aliphatic rings. The molecule has 0 aliphatic heterocycles. The minimum atomic E-state index is 0. The topological polar surface area (TPSA) is 0 Å². The monoisotopic (exact) mass is 556 g/mol. The standard InChI is InChI=1S/2C18H27.Cu.Li/c2*1-3-5-7-9-11-13-15-17-18-16-14-12-10-8-6-4-2;;/h2*5-8,11-14,17-18H,1,3-4,9-10,15-16H2,2H3;;/q2*-1;+2;/b2*7-5-,8-6-,13-11-,14-12-,18-17-;;. The Morgan fingerprint density at radius 3 is 0.632 bits per heavy atom. The Morgan fingerprint density at radius 2 is 0.474 bits per heavy atom. The van der Waals surface area contributed by atoms with Gasteiger partial charge in [0.05, 0.1) is 0 Å². The molecule has 2 heteroatoms. The average Bonchev–Trinajstić information content (AvgIpc) is 2.89. The van der Waals surface area contributed by atoms with Crippen molar-refractivity contribution in [3.8, 4) is 0 Å². The van der Waals surface area contributed by atoms with Gasteiger partial charge in [0.15, 0.2) is 0 Å². The van der Waals surface area contributed by atoms with Crippen LogP contribution in [-0.4, -0.2) is 18.9 Å². The summed E-state index contributed by atoms with van der Waals surface area (Å²) in [5.74, 6) is 0. The summed E-state index contributed by atoms with van der Waals surface area (Å²) in [5.41, 5.74) is 0. The molecule has 0 rings (SSSR count). The predicted molar refractivity (Wildman–Crippen MR) is 175 cm³/mol. The third kappa shape index (κ3) is 47.7. The van der Waals surface area contributed by atoms with Crippen LogP contribution in [-0.2, 0) is 17.1 Å². The van der Waals surface area contributed by atoms with E-state index in [1.165, 1.54) is 0 Å². The quantitative estimate of drug-likeness (QED) is 0.0794. The fourth-order valence-corrected chi connectivity index (χ4v) is 2.74. The Labute approximate surface area is 261 Å². The van der Waals surface area contributed by atoms with Crippen molar-refractivity contribution in [1.29, 1.82) is 0 Å². The van der Waals surface area contributed by atoms with E-state index in [0.717, 1.165) is 77.0 Å². The van der Waals surface area contributed by atoms with Gasteiger partial charge in [0.25, 0.3) is 0 Å². The van der Waals surface area contributed by atoms with Crippen LogP contribution in [0.25, 0.3) is 0 Å². The molecular formula is C36H54CuLi. The molecule has 0 unspecified atom stereocenters. The summed E-state index contributed by atoms with van der Waals surface area (Å²) < 4.78 is 0. The molecule has 0 saturated carbocycles. The second-order valence-corrected chi connectivity index (χ2v) is 7.99. The predicted octanol–water partition coefficient (Wildman–Crippen LogP) is 11.5. The van der Waals surface area contributed by atoms with Crippen LogP contribution in [0.15, 0.2) is 122 Å². The fraction of sp³-hybridized carbons (Fsp3) is 0.389. The van der Waals surface area contributed by atoms with E-state index in [-0.39, 0.29) is 35.9 Å². The Bertz CT molecular complexity index is 590. The molecule has 0 bridgehead atoms. The van der Waals surface area contributed by atoms with Gasteiger partial charge in [-0.2, -0.15) is 12.8 Å². The summed E-state index contributed by atoms with van der Waals surface area (Å²) in [6.45, 7) is 11.8. The summed E-state index contributed by atoms with van der Waals surface area (Å²) in [6, 6.07) is 0. The molecule has 0 atom stereocenters. The number of rotatable bonds is 20. The first-order valence-corrected chi connectivity index (χ1v) is 13.9. The summed E-state index contributed by atoms with van der Waals surface area (Å²) in [4.78, 5) is 0. The van der Waals surface area contributed by atoms with E-state index >= 15 is 0 Å². The maximum atomic E-state index is 3.75. The fourth-order valence-electron chi connectivity index (χ4n) is 2.74. The van der Waals surface area contributed by atoms with Crippen molar-refractivity contribution in [2.75, 3.05) is 0 Å². The zero-order chi connectivity index (χ0) is 26.6. The van der Waals surface area contributed by atoms with Gasteiger partial charge in [-0.1, -0.05) is 123 Å². The molecule has 0 heterocycles. The molecule has 0 amide bonds. The van der Waals surface area contributed by atoms with Crippen molar-refractivity contribution >= 4 is 18.9 Å². The third-order valence-electron chi connectivity index (χ3n) is 4.65. The molecule has 210 valence electrons. The van der Waals surface area contributed by atoms with Crippen LogP contribution < -0.4 is 0 Å². The Kier molecular flexibility index (Phi) is 52.1. The summed E-state index contributed by atoms with van der Waals surface area (Å²) in [5, 5.41) is 0. The second-order valence-electron chi connectivity index (χ2n) is 7.99. The minimum Gasteiger partial charge on any atom is -0.340 e. The van der Waals surface area contributed by atoms with Crippen LogP contribution in [0, 0.1) is 13.8 Å². The Balaban J connectivity index is -0.000000289. The first kappa shape index (κ1) is 43.6. The van der Waals surface area contributed by atoms with Crippen LogP contribution in [0.3, 0.4) is 0 Å². The summed E-state index contributed by atoms with van der Waals surface area (Å²) in [7, 11) is 0. The van der Waals surface area contributed by atoms with Gasteiger partial charge in [-0.15, -0.1) is 12.2 Å². The van der Waals surface area contributed by atoms with E-state index in [0.29, 0.717) is 0 Å². The van der Waals surface area contributed by atoms with Crippen molar-refractivity contribution < 1.29 is 17.1 Å². The van der Waals surface area contributed by atoms with Gasteiger partial charge < -0.3 is 13.8 Å². The molecule has 0 aliphatic carbocycles. The van der Waals surface area contributed by atoms with Crippen molar-refractivity contribution in [3.05, 3.63) is 135 Å². The summed E-state index contributed by atoms with van der Waals surface area (Å²) in [6.07, 6.45) is 56.2. The van der Waals surface area contributed by atoms with Gasteiger partial charge in [0.1, 0.15) is 0 Å². The smallest absolute Gasteiger partial charge is 0.340 e.